The molecule has 2 fully saturated rings. The van der Waals surface area contributed by atoms with Gasteiger partial charge in [-0.25, -0.2) is 4.98 Å². The van der Waals surface area contributed by atoms with Crippen molar-refractivity contribution < 1.29 is 4.79 Å². The number of amides is 1. The van der Waals surface area contributed by atoms with Gasteiger partial charge in [0.2, 0.25) is 5.91 Å². The molecule has 2 aliphatic heterocycles. The summed E-state index contributed by atoms with van der Waals surface area (Å²) < 4.78 is 0. The van der Waals surface area contributed by atoms with E-state index in [4.69, 9.17) is 11.6 Å². The topological polar surface area (TPSA) is 45.2 Å². The minimum Gasteiger partial charge on any atom is -0.339 e. The number of nitrogens with one attached hydrogen (secondary N) is 1. The summed E-state index contributed by atoms with van der Waals surface area (Å²) in [6.45, 7) is 6.99. The average Bonchev–Trinajstić information content (AvgIpc) is 3.22. The van der Waals surface area contributed by atoms with Gasteiger partial charge in [0.05, 0.1) is 5.92 Å². The molecule has 1 aromatic heterocycles. The van der Waals surface area contributed by atoms with E-state index >= 15 is 0 Å². The maximum Gasteiger partial charge on any atom is 0.228 e. The van der Waals surface area contributed by atoms with Crippen molar-refractivity contribution >= 4 is 17.5 Å². The van der Waals surface area contributed by atoms with Crippen LogP contribution < -0.4 is 5.32 Å². The lowest BCUT2D eigenvalue weighted by atomic mass is 9.65. The van der Waals surface area contributed by atoms with Crippen LogP contribution in [0.15, 0.2) is 42.5 Å². The molecule has 0 bridgehead atoms. The summed E-state index contributed by atoms with van der Waals surface area (Å²) in [6, 6.07) is 15.1. The summed E-state index contributed by atoms with van der Waals surface area (Å²) in [6.07, 6.45) is 5.15. The third-order valence-corrected chi connectivity index (χ3v) is 8.45. The molecule has 2 aromatic rings. The van der Waals surface area contributed by atoms with Crippen molar-refractivity contribution in [3.05, 3.63) is 64.4 Å². The summed E-state index contributed by atoms with van der Waals surface area (Å²) in [4.78, 5) is 21.0. The Balaban J connectivity index is 1.42. The highest BCUT2D eigenvalue weighted by Gasteiger charge is 2.52. The molecule has 1 amide bonds. The zero-order valence-corrected chi connectivity index (χ0v) is 19.9. The number of hydrogen-bond donors (Lipinski definition) is 1. The number of piperidine rings is 1. The fraction of sp³-hybridized carbons (Fsp3) is 0.556. The van der Waals surface area contributed by atoms with Crippen LogP contribution in [0.4, 0.5) is 0 Å². The van der Waals surface area contributed by atoms with Crippen LogP contribution in [0, 0.1) is 11.8 Å². The molecule has 1 spiro atoms. The normalized spacial score (nSPS) is 30.0. The molecule has 4 nitrogen and oxygen atoms in total. The van der Waals surface area contributed by atoms with Gasteiger partial charge >= 0.3 is 0 Å². The van der Waals surface area contributed by atoms with E-state index in [2.05, 4.69) is 65.4 Å². The number of carbonyl (C=O) groups excluding carboxylic acids is 1. The molecule has 2 saturated heterocycles. The number of nitrogens with zero attached hydrogens (tertiary/aromatic N) is 2. The number of halogens is 1. The van der Waals surface area contributed by atoms with Crippen molar-refractivity contribution in [1.82, 2.24) is 15.2 Å². The second kappa shape index (κ2) is 8.79. The number of aryl methyl sites for hydroxylation is 1. The van der Waals surface area contributed by atoms with Crippen LogP contribution in [0.5, 0.6) is 0 Å². The summed E-state index contributed by atoms with van der Waals surface area (Å²) >= 11 is 6.21. The number of benzene rings is 1. The largest absolute Gasteiger partial charge is 0.339 e. The van der Waals surface area contributed by atoms with Crippen molar-refractivity contribution in [3.8, 4) is 0 Å². The van der Waals surface area contributed by atoms with E-state index in [9.17, 15) is 4.79 Å². The van der Waals surface area contributed by atoms with Crippen molar-refractivity contribution in [2.24, 2.45) is 11.8 Å². The van der Waals surface area contributed by atoms with E-state index in [0.717, 1.165) is 57.4 Å². The van der Waals surface area contributed by atoms with Crippen LogP contribution in [0.2, 0.25) is 5.15 Å². The highest BCUT2D eigenvalue weighted by Crippen LogP contribution is 2.46. The molecule has 0 saturated carbocycles. The number of aromatic nitrogens is 1. The molecule has 3 heterocycles. The summed E-state index contributed by atoms with van der Waals surface area (Å²) in [5, 5.41) is 4.13. The van der Waals surface area contributed by atoms with E-state index in [1.165, 1.54) is 11.1 Å². The zero-order valence-electron chi connectivity index (χ0n) is 19.2. The Morgan fingerprint density at radius 2 is 2.03 bits per heavy atom. The Hall–Kier alpha value is -1.91. The molecule has 3 aliphatic rings. The van der Waals surface area contributed by atoms with Crippen LogP contribution >= 0.6 is 11.6 Å². The lowest BCUT2D eigenvalue weighted by Gasteiger charge is -2.46. The maximum absolute atomic E-state index is 14.1. The number of likely N-dealkylation sites (tertiary alicyclic amines) is 1. The molecule has 1 aromatic carbocycles. The predicted octanol–water partition coefficient (Wildman–Crippen LogP) is 4.96. The number of fused-ring (bicyclic) bond motifs is 2. The molecule has 4 atom stereocenters. The van der Waals surface area contributed by atoms with E-state index in [0.29, 0.717) is 22.9 Å². The lowest BCUT2D eigenvalue weighted by Crippen LogP contribution is -2.54. The number of hydrogen-bond acceptors (Lipinski definition) is 3. The Kier molecular flexibility index (Phi) is 6.02. The van der Waals surface area contributed by atoms with Crippen LogP contribution in [-0.4, -0.2) is 41.5 Å². The maximum atomic E-state index is 14.1. The monoisotopic (exact) mass is 451 g/mol. The molecule has 170 valence electrons. The third-order valence-electron chi connectivity index (χ3n) is 8.24. The van der Waals surface area contributed by atoms with Gasteiger partial charge in [-0.3, -0.25) is 4.79 Å². The average molecular weight is 452 g/mol. The Morgan fingerprint density at radius 3 is 2.81 bits per heavy atom. The van der Waals surface area contributed by atoms with Gasteiger partial charge in [0, 0.05) is 36.8 Å². The first kappa shape index (κ1) is 21.9. The Morgan fingerprint density at radius 1 is 1.22 bits per heavy atom. The van der Waals surface area contributed by atoms with Gasteiger partial charge in [-0.05, 0) is 61.1 Å². The van der Waals surface area contributed by atoms with Crippen molar-refractivity contribution in [2.45, 2.75) is 63.3 Å². The minimum atomic E-state index is -0.153. The van der Waals surface area contributed by atoms with Gasteiger partial charge in [0.1, 0.15) is 5.15 Å². The lowest BCUT2D eigenvalue weighted by molar-refractivity contribution is -0.142. The second-order valence-corrected chi connectivity index (χ2v) is 10.7. The molecular formula is C27H34ClN3O. The number of pyridine rings is 1. The van der Waals surface area contributed by atoms with Gasteiger partial charge in [-0.1, -0.05) is 61.8 Å². The molecule has 0 radical (unpaired) electrons. The van der Waals surface area contributed by atoms with Crippen molar-refractivity contribution in [2.75, 3.05) is 19.6 Å². The first-order chi connectivity index (χ1) is 15.5. The molecule has 1 aliphatic carbocycles. The molecule has 4 unspecified atom stereocenters. The SMILES string of the molecule is CC(C)C1CC(c2ccccc2)CCN1C(=O)C1CNCC12CCCc1nc(Cl)ccc12. The molecular weight excluding hydrogens is 418 g/mol. The smallest absolute Gasteiger partial charge is 0.228 e. The van der Waals surface area contributed by atoms with Crippen LogP contribution in [-0.2, 0) is 16.6 Å². The Bertz CT molecular complexity index is 978. The number of carbonyl (C=O) groups is 1. The highest BCUT2D eigenvalue weighted by atomic mass is 35.5. The second-order valence-electron chi connectivity index (χ2n) is 10.3. The minimum absolute atomic E-state index is 0.0287. The van der Waals surface area contributed by atoms with E-state index in [1.807, 2.05) is 6.07 Å². The van der Waals surface area contributed by atoms with Crippen LogP contribution in [0.1, 0.15) is 62.3 Å². The highest BCUT2D eigenvalue weighted by molar-refractivity contribution is 6.29. The fourth-order valence-corrected chi connectivity index (χ4v) is 6.75. The Labute approximate surface area is 196 Å². The molecule has 5 rings (SSSR count). The molecule has 5 heteroatoms. The van der Waals surface area contributed by atoms with Crippen LogP contribution in [0.3, 0.4) is 0 Å². The third kappa shape index (κ3) is 3.76. The van der Waals surface area contributed by atoms with Gasteiger partial charge in [-0.2, -0.15) is 0 Å². The van der Waals surface area contributed by atoms with Crippen molar-refractivity contribution in [1.29, 1.82) is 0 Å². The van der Waals surface area contributed by atoms with Gasteiger partial charge in [-0.15, -0.1) is 0 Å². The van der Waals surface area contributed by atoms with Crippen LogP contribution in [0.25, 0.3) is 0 Å². The quantitative estimate of drug-likeness (QED) is 0.671. The molecule has 32 heavy (non-hydrogen) atoms. The predicted molar refractivity (Wildman–Crippen MR) is 129 cm³/mol. The van der Waals surface area contributed by atoms with E-state index in [1.54, 1.807) is 0 Å². The summed E-state index contributed by atoms with van der Waals surface area (Å²) in [5.74, 6) is 1.28. The van der Waals surface area contributed by atoms with E-state index in [-0.39, 0.29) is 17.4 Å². The molecule has 1 N–H and O–H groups in total. The standard InChI is InChI=1S/C27H34ClN3O/c1-18(2)24-15-20(19-7-4-3-5-8-19)12-14-31(24)26(32)22-16-29-17-27(22)13-6-9-23-21(27)10-11-25(28)30-23/h3-5,7-8,10-11,18,20,22,24,29H,6,9,12-17H2,1-2H3. The first-order valence-corrected chi connectivity index (χ1v) is 12.6. The van der Waals surface area contributed by atoms with Gasteiger partial charge < -0.3 is 10.2 Å². The number of rotatable bonds is 3. The summed E-state index contributed by atoms with van der Waals surface area (Å²) in [7, 11) is 0. The fourth-order valence-electron chi connectivity index (χ4n) is 6.58. The van der Waals surface area contributed by atoms with Gasteiger partial charge in [0.25, 0.3) is 0 Å². The van der Waals surface area contributed by atoms with Crippen molar-refractivity contribution in [3.63, 3.8) is 0 Å². The summed E-state index contributed by atoms with van der Waals surface area (Å²) in [5.41, 5.74) is 3.60. The van der Waals surface area contributed by atoms with Gasteiger partial charge in [0.15, 0.2) is 0 Å². The zero-order chi connectivity index (χ0) is 22.3. The van der Waals surface area contributed by atoms with E-state index < -0.39 is 0 Å². The first-order valence-electron chi connectivity index (χ1n) is 12.2.